The van der Waals surface area contributed by atoms with Crippen molar-refractivity contribution in [2.45, 2.75) is 354 Å². The number of cyclic esters (lactones) is 2. The lowest BCUT2D eigenvalue weighted by Crippen LogP contribution is -2.40. The molecule has 0 saturated carbocycles. The lowest BCUT2D eigenvalue weighted by atomic mass is 9.92. The fourth-order valence-electron chi connectivity index (χ4n) is 10.8. The van der Waals surface area contributed by atoms with E-state index in [4.69, 9.17) is 9.47 Å². The highest BCUT2D eigenvalue weighted by atomic mass is 16.6. The maximum atomic E-state index is 12.5. The lowest BCUT2D eigenvalue weighted by Gasteiger charge is -2.27. The summed E-state index contributed by atoms with van der Waals surface area (Å²) in [6.07, 6.45) is 78.7. The van der Waals surface area contributed by atoms with E-state index in [1.807, 2.05) is 0 Å². The first-order valence-electron chi connectivity index (χ1n) is 32.3. The summed E-state index contributed by atoms with van der Waals surface area (Å²) in [5.74, 6) is -1.40. The van der Waals surface area contributed by atoms with Gasteiger partial charge in [0, 0.05) is 0 Å². The van der Waals surface area contributed by atoms with Gasteiger partial charge in [-0.2, -0.15) is 0 Å². The van der Waals surface area contributed by atoms with E-state index in [1.165, 1.54) is 315 Å². The molecule has 1 rings (SSSR count). The molecule has 1 fully saturated rings. The maximum Gasteiger partial charge on any atom is 0.309 e. The molecule has 1 saturated heterocycles. The van der Waals surface area contributed by atoms with Crippen LogP contribution in [0.4, 0.5) is 0 Å². The van der Waals surface area contributed by atoms with E-state index in [2.05, 4.69) is 19.1 Å². The number of rotatable bonds is 56. The van der Waals surface area contributed by atoms with Crippen molar-refractivity contribution in [3.63, 3.8) is 0 Å². The fourth-order valence-corrected chi connectivity index (χ4v) is 10.8. The van der Waals surface area contributed by atoms with Gasteiger partial charge in [-0.3, -0.25) is 9.59 Å². The van der Waals surface area contributed by atoms with Crippen molar-refractivity contribution in [2.24, 2.45) is 11.3 Å². The highest BCUT2D eigenvalue weighted by Crippen LogP contribution is 2.25. The zero-order valence-corrected chi connectivity index (χ0v) is 47.8. The van der Waals surface area contributed by atoms with Crippen LogP contribution in [0, 0.1) is 11.3 Å². The van der Waals surface area contributed by atoms with Crippen LogP contribution in [0.3, 0.4) is 0 Å². The SMILES string of the molecule is CCCCCCCCCCCCCCCCCCCCCCCCCCCCCCCCCCCCCC/C=C/CCCCCCCCCCCCCCCCC1CC(=O)OCC(CO)(CO)COC1=O. The van der Waals surface area contributed by atoms with E-state index in [0.717, 1.165) is 19.3 Å². The fraction of sp³-hybridized carbons (Fsp3) is 0.938. The number of esters is 2. The maximum absolute atomic E-state index is 12.5. The molecular weight excluding hydrogens is 877 g/mol. The van der Waals surface area contributed by atoms with Gasteiger partial charge in [-0.1, -0.05) is 327 Å². The van der Waals surface area contributed by atoms with Crippen molar-refractivity contribution in [2.75, 3.05) is 26.4 Å². The second-order valence-corrected chi connectivity index (χ2v) is 23.1. The van der Waals surface area contributed by atoms with Crippen LogP contribution in [-0.2, 0) is 19.1 Å². The molecule has 420 valence electrons. The molecule has 0 aromatic carbocycles. The number of aliphatic hydroxyl groups excluding tert-OH is 2. The summed E-state index contributed by atoms with van der Waals surface area (Å²) < 4.78 is 10.6. The Bertz CT molecular complexity index is 1120. The predicted molar refractivity (Wildman–Crippen MR) is 306 cm³/mol. The molecule has 0 aliphatic carbocycles. The van der Waals surface area contributed by atoms with Crippen LogP contribution in [0.15, 0.2) is 12.2 Å². The first-order chi connectivity index (χ1) is 35.1. The van der Waals surface area contributed by atoms with E-state index in [0.29, 0.717) is 6.42 Å². The third-order valence-electron chi connectivity index (χ3n) is 16.0. The monoisotopic (exact) mass is 1000 g/mol. The van der Waals surface area contributed by atoms with Gasteiger partial charge in [0.05, 0.1) is 31.0 Å². The zero-order valence-electron chi connectivity index (χ0n) is 47.8. The first-order valence-corrected chi connectivity index (χ1v) is 32.3. The number of allylic oxidation sites excluding steroid dienone is 2. The van der Waals surface area contributed by atoms with E-state index in [-0.39, 0.29) is 19.6 Å². The predicted octanol–water partition coefficient (Wildman–Crippen LogP) is 20.3. The molecule has 1 heterocycles. The summed E-state index contributed by atoms with van der Waals surface area (Å²) >= 11 is 0. The quantitative estimate of drug-likeness (QED) is 0.0358. The van der Waals surface area contributed by atoms with Gasteiger partial charge in [0.15, 0.2) is 0 Å². The molecule has 0 aromatic heterocycles. The van der Waals surface area contributed by atoms with Gasteiger partial charge in [-0.25, -0.2) is 0 Å². The third-order valence-corrected chi connectivity index (χ3v) is 16.0. The van der Waals surface area contributed by atoms with Crippen molar-refractivity contribution in [3.8, 4) is 0 Å². The first kappa shape index (κ1) is 67.6. The van der Waals surface area contributed by atoms with Gasteiger partial charge in [-0.05, 0) is 32.1 Å². The summed E-state index contributed by atoms with van der Waals surface area (Å²) in [5, 5.41) is 19.2. The minimum atomic E-state index is -1.12. The van der Waals surface area contributed by atoms with Crippen molar-refractivity contribution in [1.82, 2.24) is 0 Å². The summed E-state index contributed by atoms with van der Waals surface area (Å²) in [6, 6.07) is 0. The molecule has 0 radical (unpaired) electrons. The number of carbonyl (C=O) groups is 2. The molecule has 6 heteroatoms. The molecule has 6 nitrogen and oxygen atoms in total. The zero-order chi connectivity index (χ0) is 51.1. The summed E-state index contributed by atoms with van der Waals surface area (Å²) in [6.45, 7) is 1.21. The van der Waals surface area contributed by atoms with Crippen molar-refractivity contribution in [1.29, 1.82) is 0 Å². The van der Waals surface area contributed by atoms with Crippen LogP contribution in [0.5, 0.6) is 0 Å². The molecular formula is C65H124O6. The van der Waals surface area contributed by atoms with Crippen molar-refractivity contribution >= 4 is 11.9 Å². The normalized spacial score (nSPS) is 15.3. The van der Waals surface area contributed by atoms with E-state index in [9.17, 15) is 19.8 Å². The van der Waals surface area contributed by atoms with Crippen LogP contribution >= 0.6 is 0 Å². The summed E-state index contributed by atoms with van der Waals surface area (Å²) in [7, 11) is 0. The lowest BCUT2D eigenvalue weighted by molar-refractivity contribution is -0.155. The average Bonchev–Trinajstić information content (AvgIpc) is 3.44. The Labute approximate surface area is 443 Å². The van der Waals surface area contributed by atoms with Crippen LogP contribution < -0.4 is 0 Å². The minimum Gasteiger partial charge on any atom is -0.465 e. The number of hydrogen-bond donors (Lipinski definition) is 2. The van der Waals surface area contributed by atoms with Gasteiger partial charge in [-0.15, -0.1) is 0 Å². The number of aliphatic hydroxyl groups is 2. The molecule has 71 heavy (non-hydrogen) atoms. The number of ether oxygens (including phenoxy) is 2. The summed E-state index contributed by atoms with van der Waals surface area (Å²) in [4.78, 5) is 24.7. The third kappa shape index (κ3) is 46.8. The molecule has 2 N–H and O–H groups in total. The van der Waals surface area contributed by atoms with Crippen LogP contribution in [0.2, 0.25) is 0 Å². The standard InChI is InChI=1S/C65H124O6/c1-2-3-4-5-6-7-8-9-10-11-12-13-14-15-16-17-18-19-20-21-22-23-24-25-26-27-28-29-30-31-32-33-34-35-36-37-38-39-40-41-42-43-44-45-46-47-48-49-50-51-52-53-54-55-56-62-57-63(68)70-60-65(58-66,59-67)61-71-64(62)69/h39-40,62,66-67H,2-38,41-61H2,1H3/b40-39+. The number of hydrogen-bond acceptors (Lipinski definition) is 6. The van der Waals surface area contributed by atoms with Crippen LogP contribution in [0.1, 0.15) is 354 Å². The number of unbranched alkanes of at least 4 members (excludes halogenated alkanes) is 50. The van der Waals surface area contributed by atoms with Crippen LogP contribution in [-0.4, -0.2) is 48.6 Å². The Balaban J connectivity index is 1.68. The molecule has 0 aromatic rings. The average molecular weight is 1000 g/mol. The molecule has 0 bridgehead atoms. The Morgan fingerprint density at radius 3 is 0.873 bits per heavy atom. The minimum absolute atomic E-state index is 0.00294. The van der Waals surface area contributed by atoms with Gasteiger partial charge in [0.25, 0.3) is 0 Å². The Morgan fingerprint density at radius 1 is 0.366 bits per heavy atom. The molecule has 1 aliphatic rings. The molecule has 1 atom stereocenters. The van der Waals surface area contributed by atoms with E-state index >= 15 is 0 Å². The molecule has 1 aliphatic heterocycles. The smallest absolute Gasteiger partial charge is 0.309 e. The Kier molecular flexibility index (Phi) is 52.2. The second kappa shape index (κ2) is 54.8. The Hall–Kier alpha value is -1.40. The number of carbonyl (C=O) groups excluding carboxylic acids is 2. The second-order valence-electron chi connectivity index (χ2n) is 23.1. The molecule has 1 unspecified atom stereocenters. The largest absolute Gasteiger partial charge is 0.465 e. The van der Waals surface area contributed by atoms with Gasteiger partial charge in [0.2, 0.25) is 0 Å². The van der Waals surface area contributed by atoms with Gasteiger partial charge >= 0.3 is 11.9 Å². The van der Waals surface area contributed by atoms with Gasteiger partial charge in [0.1, 0.15) is 13.2 Å². The highest BCUT2D eigenvalue weighted by molar-refractivity contribution is 5.80. The summed E-state index contributed by atoms with van der Waals surface area (Å²) in [5.41, 5.74) is -1.12. The molecule has 0 amide bonds. The van der Waals surface area contributed by atoms with Crippen molar-refractivity contribution < 1.29 is 29.3 Å². The Morgan fingerprint density at radius 2 is 0.606 bits per heavy atom. The van der Waals surface area contributed by atoms with Crippen LogP contribution in [0.25, 0.3) is 0 Å². The van der Waals surface area contributed by atoms with Crippen molar-refractivity contribution in [3.05, 3.63) is 12.2 Å². The van der Waals surface area contributed by atoms with E-state index in [1.54, 1.807) is 0 Å². The molecule has 0 spiro atoms. The van der Waals surface area contributed by atoms with Gasteiger partial charge < -0.3 is 19.7 Å². The topological polar surface area (TPSA) is 93.1 Å². The highest BCUT2D eigenvalue weighted by Gasteiger charge is 2.36. The van der Waals surface area contributed by atoms with E-state index < -0.39 is 36.5 Å².